The van der Waals surface area contributed by atoms with Crippen molar-refractivity contribution in [3.8, 4) is 0 Å². The number of nitrogens with one attached hydrogen (secondary N) is 2. The fourth-order valence-electron chi connectivity index (χ4n) is 14.3. The lowest BCUT2D eigenvalue weighted by atomic mass is 9.67. The molecule has 0 radical (unpaired) electrons. The number of ketones is 5. The molecule has 0 aromatic heterocycles. The van der Waals surface area contributed by atoms with Crippen LogP contribution in [-0.4, -0.2) is 181 Å². The normalized spacial score (nSPS) is 24.7. The Kier molecular flexibility index (Phi) is 47.5. The molecule has 1 aliphatic carbocycles. The van der Waals surface area contributed by atoms with E-state index in [-0.39, 0.29) is 179 Å². The van der Waals surface area contributed by atoms with Gasteiger partial charge in [-0.1, -0.05) is 105 Å². The number of benzene rings is 1. The zero-order valence-corrected chi connectivity index (χ0v) is 67.8. The Morgan fingerprint density at radius 1 is 0.389 bits per heavy atom. The number of carbonyl (C=O) groups excluding carboxylic acids is 10. The summed E-state index contributed by atoms with van der Waals surface area (Å²) in [6, 6.07) is 9.16. The number of carbonyl (C=O) groups is 10. The van der Waals surface area contributed by atoms with Crippen molar-refractivity contribution in [1.29, 1.82) is 0 Å². The van der Waals surface area contributed by atoms with Gasteiger partial charge in [-0.05, 0) is 136 Å². The van der Waals surface area contributed by atoms with E-state index >= 15 is 0 Å². The van der Waals surface area contributed by atoms with Crippen LogP contribution < -0.4 is 10.6 Å². The maximum Gasteiger partial charge on any atom is 0.408 e. The Morgan fingerprint density at radius 2 is 0.769 bits per heavy atom. The van der Waals surface area contributed by atoms with Gasteiger partial charge < -0.3 is 67.5 Å². The van der Waals surface area contributed by atoms with Gasteiger partial charge in [0.05, 0.1) is 64.6 Å². The van der Waals surface area contributed by atoms with E-state index in [2.05, 4.69) is 72.9 Å². The molecule has 2 N–H and O–H groups in total. The second-order valence-electron chi connectivity index (χ2n) is 31.2. The first-order chi connectivity index (χ1) is 51.7. The lowest BCUT2D eigenvalue weighted by Gasteiger charge is -2.43. The Morgan fingerprint density at radius 3 is 1.20 bits per heavy atom. The predicted molar refractivity (Wildman–Crippen MR) is 408 cm³/mol. The number of ether oxygens (including phenoxy) is 12. The molecule has 24 nitrogen and oxygen atoms in total. The lowest BCUT2D eigenvalue weighted by molar-refractivity contribution is -0.255. The fourth-order valence-corrected chi connectivity index (χ4v) is 14.3. The quantitative estimate of drug-likeness (QED) is 0.0348. The van der Waals surface area contributed by atoms with Gasteiger partial charge in [0.25, 0.3) is 0 Å². The number of hydrogen-bond acceptors (Lipinski definition) is 22. The van der Waals surface area contributed by atoms with Gasteiger partial charge in [-0.3, -0.25) is 43.2 Å². The highest BCUT2D eigenvalue weighted by atomic mass is 16.7. The van der Waals surface area contributed by atoms with Crippen LogP contribution in [0.25, 0.3) is 0 Å². The Labute approximate surface area is 645 Å². The highest BCUT2D eigenvalue weighted by molar-refractivity contribution is 5.80. The number of rotatable bonds is 59. The molecule has 24 heteroatoms. The van der Waals surface area contributed by atoms with Crippen molar-refractivity contribution in [2.75, 3.05) is 85.8 Å². The van der Waals surface area contributed by atoms with Gasteiger partial charge >= 0.3 is 24.0 Å². The summed E-state index contributed by atoms with van der Waals surface area (Å²) in [4.78, 5) is 126. The molecule has 0 spiro atoms. The van der Waals surface area contributed by atoms with Gasteiger partial charge in [0.1, 0.15) is 54.3 Å². The van der Waals surface area contributed by atoms with E-state index < -0.39 is 24.2 Å². The standard InChI is InChI=1S/C84H138N2O22/c1-58-61(4)71(52-103-67(10)87)50-77(62(58)5)100-44-27-23-37-72(90)32-18-14-20-34-75(93)40-47-97-55-84(86-83(96)106-51-70-30-16-13-17-31-70,56-98-48-41-76(94)35-21-15-19-33-73(91)38-24-28-45-101-81-65(8)59(2)63(6)78(107-81)53-104-68(11)88)57-99-49-42-80(95)85-43-26-22-36-74(92)39-25-29-46-102-82-66(9)60(3)64(7)79(108-82)54-105-69(12)89/h13,16-17,30-31,58-66,71,77-79,81-82H,14-15,18-29,32-57H2,1-12H3,(H,85,95)(H,86,96)/t58-,59-,60-,61+,62?,63+,64+,65?,66?,71?,77+,78?,79?,81+,82+,84?/m0/s1. The molecule has 2 amide bonds. The van der Waals surface area contributed by atoms with Crippen LogP contribution in [0.1, 0.15) is 256 Å². The van der Waals surface area contributed by atoms with Crippen LogP contribution in [0.3, 0.4) is 0 Å². The van der Waals surface area contributed by atoms with Gasteiger partial charge in [0, 0.05) is 130 Å². The fraction of sp³-hybridized carbons (Fsp3) is 0.810. The Hall–Kier alpha value is -5.60. The molecule has 1 saturated carbocycles. The third kappa shape index (κ3) is 39.0. The molecule has 2 saturated heterocycles. The maximum absolute atomic E-state index is 13.7. The number of unbranched alkanes of at least 4 members (excludes halogenated alkanes) is 8. The van der Waals surface area contributed by atoms with Crippen LogP contribution in [-0.2, 0) is 107 Å². The SMILES string of the molecule is CC(=O)OCC1C[C@@H](OCCCCC(=O)CCCCCC(=O)CCOCC(COCCC(=O)CCCCCC(=O)CCCCO[C@@H]2OC(COC(C)=O)[C@H](C)[C@H](C)C2C)(COCCC(=O)NCCCCC(=O)CCCCO[C@@H]2OC(COC(C)=O)[C@H](C)[C@H](C)C2C)NC(=O)OCc2ccccc2)C(C)[C@@H](C)[C@H]1C. The predicted octanol–water partition coefficient (Wildman–Crippen LogP) is 13.7. The summed E-state index contributed by atoms with van der Waals surface area (Å²) in [5, 5.41) is 5.82. The lowest BCUT2D eigenvalue weighted by Crippen LogP contribution is -2.58. The average molecular weight is 1530 g/mol. The topological polar surface area (TPSA) is 306 Å². The Bertz CT molecular complexity index is 2540. The van der Waals surface area contributed by atoms with Gasteiger partial charge in [-0.2, -0.15) is 0 Å². The van der Waals surface area contributed by atoms with Crippen molar-refractivity contribution in [2.24, 2.45) is 59.2 Å². The molecule has 3 fully saturated rings. The molecule has 1 aromatic rings. The molecule has 1 aromatic carbocycles. The van der Waals surface area contributed by atoms with Crippen molar-refractivity contribution < 1.29 is 105 Å². The molecule has 7 unspecified atom stereocenters. The van der Waals surface area contributed by atoms with Crippen molar-refractivity contribution in [3.63, 3.8) is 0 Å². The number of amides is 2. The zero-order valence-electron chi connectivity index (χ0n) is 67.8. The summed E-state index contributed by atoms with van der Waals surface area (Å²) in [7, 11) is 0. The minimum absolute atomic E-state index is 0.0105. The van der Waals surface area contributed by atoms with E-state index in [1.54, 1.807) is 0 Å². The minimum atomic E-state index is -1.40. The number of Topliss-reactive ketones (excluding diaryl/α,β-unsaturated/α-hetero) is 5. The number of esters is 3. The molecular formula is C84H138N2O22. The monoisotopic (exact) mass is 1530 g/mol. The van der Waals surface area contributed by atoms with E-state index in [4.69, 9.17) is 56.8 Å². The summed E-state index contributed by atoms with van der Waals surface area (Å²) >= 11 is 0. The third-order valence-electron chi connectivity index (χ3n) is 22.6. The summed E-state index contributed by atoms with van der Waals surface area (Å²) in [5.74, 6) is 2.07. The smallest absolute Gasteiger partial charge is 0.408 e. The molecule has 616 valence electrons. The van der Waals surface area contributed by atoms with Gasteiger partial charge in [0.15, 0.2) is 12.6 Å². The summed E-state index contributed by atoms with van der Waals surface area (Å²) in [6.45, 7) is 25.6. The van der Waals surface area contributed by atoms with E-state index in [9.17, 15) is 47.9 Å². The molecule has 3 aliphatic rings. The highest BCUT2D eigenvalue weighted by Crippen LogP contribution is 2.41. The third-order valence-corrected chi connectivity index (χ3v) is 22.6. The molecule has 16 atom stereocenters. The van der Waals surface area contributed by atoms with Gasteiger partial charge in [0.2, 0.25) is 5.91 Å². The van der Waals surface area contributed by atoms with Crippen LogP contribution in [0.15, 0.2) is 30.3 Å². The first-order valence-corrected chi connectivity index (χ1v) is 40.8. The van der Waals surface area contributed by atoms with E-state index in [0.29, 0.717) is 185 Å². The van der Waals surface area contributed by atoms with E-state index in [1.165, 1.54) is 20.8 Å². The highest BCUT2D eigenvalue weighted by Gasteiger charge is 2.43. The zero-order chi connectivity index (χ0) is 79.2. The van der Waals surface area contributed by atoms with Crippen molar-refractivity contribution in [3.05, 3.63) is 35.9 Å². The summed E-state index contributed by atoms with van der Waals surface area (Å²) in [5.41, 5.74) is -0.644. The molecule has 108 heavy (non-hydrogen) atoms. The maximum atomic E-state index is 13.7. The molecule has 2 aliphatic heterocycles. The van der Waals surface area contributed by atoms with Crippen molar-refractivity contribution in [2.45, 2.75) is 293 Å². The van der Waals surface area contributed by atoms with Gasteiger partial charge in [-0.15, -0.1) is 0 Å². The van der Waals surface area contributed by atoms with Crippen LogP contribution in [0.5, 0.6) is 0 Å². The Balaban J connectivity index is 1.22. The molecular weight excluding hydrogens is 1390 g/mol. The second kappa shape index (κ2) is 54.1. The number of hydrogen-bond donors (Lipinski definition) is 2. The van der Waals surface area contributed by atoms with Gasteiger partial charge in [-0.25, -0.2) is 4.79 Å². The van der Waals surface area contributed by atoms with Crippen molar-refractivity contribution in [1.82, 2.24) is 10.6 Å². The first-order valence-electron chi connectivity index (χ1n) is 40.8. The number of alkyl carbamates (subject to hydrolysis) is 1. The molecule has 4 rings (SSSR count). The van der Waals surface area contributed by atoms with Crippen LogP contribution in [0, 0.1) is 59.2 Å². The molecule has 0 bridgehead atoms. The van der Waals surface area contributed by atoms with E-state index in [0.717, 1.165) is 31.2 Å². The average Bonchev–Trinajstić information content (AvgIpc) is 0.827. The first kappa shape index (κ1) is 94.8. The molecule has 2 heterocycles. The largest absolute Gasteiger partial charge is 0.466 e. The van der Waals surface area contributed by atoms with Crippen molar-refractivity contribution >= 4 is 58.8 Å². The minimum Gasteiger partial charge on any atom is -0.466 e. The van der Waals surface area contributed by atoms with E-state index in [1.807, 2.05) is 30.3 Å². The van der Waals surface area contributed by atoms with Crippen LogP contribution in [0.2, 0.25) is 0 Å². The second-order valence-corrected chi connectivity index (χ2v) is 31.2. The van der Waals surface area contributed by atoms with Crippen LogP contribution >= 0.6 is 0 Å². The summed E-state index contributed by atoms with van der Waals surface area (Å²) in [6.07, 6.45) is 11.7. The summed E-state index contributed by atoms with van der Waals surface area (Å²) < 4.78 is 70.9. The van der Waals surface area contributed by atoms with Crippen LogP contribution in [0.4, 0.5) is 4.79 Å².